The normalized spacial score (nSPS) is 11.3. The van der Waals surface area contributed by atoms with Gasteiger partial charge in [-0.05, 0) is 49.1 Å². The molecule has 3 aromatic heterocycles. The summed E-state index contributed by atoms with van der Waals surface area (Å²) >= 11 is 0. The molecule has 0 bridgehead atoms. The summed E-state index contributed by atoms with van der Waals surface area (Å²) in [5, 5.41) is 8.52. The lowest BCUT2D eigenvalue weighted by molar-refractivity contribution is 0.0952. The number of aryl methyl sites for hydroxylation is 2. The maximum Gasteiger partial charge on any atom is 0.276 e. The Balaban J connectivity index is 1.32. The molecule has 0 saturated heterocycles. The van der Waals surface area contributed by atoms with Crippen LogP contribution in [0.1, 0.15) is 21.5 Å². The summed E-state index contributed by atoms with van der Waals surface area (Å²) in [5.41, 5.74) is 5.95. The van der Waals surface area contributed by atoms with Crippen LogP contribution >= 0.6 is 0 Å². The number of carbonyl (C=O) groups is 1. The van der Waals surface area contributed by atoms with Gasteiger partial charge in [0.05, 0.1) is 5.69 Å². The molecular formula is C25H23N5O2. The molecule has 7 nitrogen and oxygen atoms in total. The highest BCUT2D eigenvalue weighted by Gasteiger charge is 2.12. The molecular weight excluding hydrogens is 402 g/mol. The fourth-order valence-electron chi connectivity index (χ4n) is 4.02. The van der Waals surface area contributed by atoms with Gasteiger partial charge in [-0.15, -0.1) is 0 Å². The molecule has 0 fully saturated rings. The fraction of sp³-hybridized carbons (Fsp3) is 0.160. The Morgan fingerprint density at radius 3 is 2.78 bits per heavy atom. The van der Waals surface area contributed by atoms with Crippen LogP contribution in [0.5, 0.6) is 0 Å². The van der Waals surface area contributed by atoms with Gasteiger partial charge in [0.15, 0.2) is 0 Å². The van der Waals surface area contributed by atoms with Crippen molar-refractivity contribution in [1.29, 1.82) is 0 Å². The first-order chi connectivity index (χ1) is 15.5. The molecule has 0 atom stereocenters. The lowest BCUT2D eigenvalue weighted by Gasteiger charge is -2.08. The zero-order chi connectivity index (χ0) is 22.2. The van der Waals surface area contributed by atoms with Crippen LogP contribution in [0.25, 0.3) is 27.7 Å². The predicted octanol–water partition coefficient (Wildman–Crippen LogP) is 3.69. The summed E-state index contributed by atoms with van der Waals surface area (Å²) in [6, 6.07) is 15.5. The number of hydrogen-bond donors (Lipinski definition) is 2. The molecule has 1 amide bonds. The molecule has 2 N–H and O–H groups in total. The number of hydrogen-bond acceptors (Lipinski definition) is 3. The molecule has 0 unspecified atom stereocenters. The van der Waals surface area contributed by atoms with Crippen molar-refractivity contribution in [1.82, 2.24) is 24.5 Å². The van der Waals surface area contributed by atoms with Crippen molar-refractivity contribution in [3.8, 4) is 11.3 Å². The number of fused-ring (bicyclic) bond motifs is 2. The lowest BCUT2D eigenvalue weighted by Crippen LogP contribution is -2.31. The van der Waals surface area contributed by atoms with E-state index in [0.717, 1.165) is 27.7 Å². The van der Waals surface area contributed by atoms with Crippen LogP contribution in [0, 0.1) is 13.8 Å². The molecule has 5 aromatic rings. The number of H-pyrrole nitrogens is 1. The number of aromatic amines is 1. The van der Waals surface area contributed by atoms with Crippen molar-refractivity contribution in [3.63, 3.8) is 0 Å². The van der Waals surface area contributed by atoms with Crippen molar-refractivity contribution in [2.45, 2.75) is 20.4 Å². The lowest BCUT2D eigenvalue weighted by atomic mass is 10.0. The molecule has 0 radical (unpaired) electrons. The van der Waals surface area contributed by atoms with Gasteiger partial charge in [-0.3, -0.25) is 9.59 Å². The van der Waals surface area contributed by atoms with Gasteiger partial charge in [-0.2, -0.15) is 5.10 Å². The highest BCUT2D eigenvalue weighted by atomic mass is 16.1. The van der Waals surface area contributed by atoms with Crippen LogP contribution in [-0.4, -0.2) is 31.6 Å². The van der Waals surface area contributed by atoms with Crippen LogP contribution in [0.2, 0.25) is 0 Å². The number of amides is 1. The van der Waals surface area contributed by atoms with Crippen molar-refractivity contribution in [3.05, 3.63) is 94.2 Å². The van der Waals surface area contributed by atoms with E-state index in [-0.39, 0.29) is 11.5 Å². The molecule has 160 valence electrons. The van der Waals surface area contributed by atoms with Crippen molar-refractivity contribution in [2.24, 2.45) is 0 Å². The quantitative estimate of drug-likeness (QED) is 0.450. The first-order valence-corrected chi connectivity index (χ1v) is 10.5. The minimum atomic E-state index is -0.169. The van der Waals surface area contributed by atoms with E-state index >= 15 is 0 Å². The van der Waals surface area contributed by atoms with Crippen LogP contribution in [-0.2, 0) is 6.54 Å². The molecule has 3 heterocycles. The van der Waals surface area contributed by atoms with Gasteiger partial charge in [-0.1, -0.05) is 29.8 Å². The van der Waals surface area contributed by atoms with E-state index in [0.29, 0.717) is 24.2 Å². The number of benzene rings is 2. The Morgan fingerprint density at radius 1 is 1.06 bits per heavy atom. The van der Waals surface area contributed by atoms with Crippen molar-refractivity contribution in [2.75, 3.05) is 6.54 Å². The van der Waals surface area contributed by atoms with E-state index in [4.69, 9.17) is 0 Å². The Hall–Kier alpha value is -4.13. The van der Waals surface area contributed by atoms with Crippen molar-refractivity contribution >= 4 is 22.3 Å². The summed E-state index contributed by atoms with van der Waals surface area (Å²) in [6.45, 7) is 4.81. The standard InChI is InChI=1S/C25H23N5O2/c1-16-3-6-20(17(2)13-16)22-15-23-25(32)29(11-12-30(23)28-22)10-9-27-24(31)19-5-4-18-7-8-26-21(18)14-19/h3-8,11-15,26H,9-10H2,1-2H3,(H,27,31). The number of rotatable bonds is 5. The highest BCUT2D eigenvalue weighted by molar-refractivity contribution is 5.97. The van der Waals surface area contributed by atoms with E-state index < -0.39 is 0 Å². The maximum atomic E-state index is 13.0. The predicted molar refractivity (Wildman–Crippen MR) is 125 cm³/mol. The fourth-order valence-corrected chi connectivity index (χ4v) is 4.02. The van der Waals surface area contributed by atoms with Gasteiger partial charge in [0.25, 0.3) is 11.5 Å². The average molecular weight is 425 g/mol. The topological polar surface area (TPSA) is 84.2 Å². The van der Waals surface area contributed by atoms with Gasteiger partial charge in [0, 0.05) is 48.3 Å². The second-order valence-electron chi connectivity index (χ2n) is 8.01. The minimum absolute atomic E-state index is 0.141. The Kier molecular flexibility index (Phi) is 4.86. The van der Waals surface area contributed by atoms with Crippen LogP contribution < -0.4 is 10.9 Å². The van der Waals surface area contributed by atoms with Crippen molar-refractivity contribution < 1.29 is 4.79 Å². The molecule has 0 spiro atoms. The number of carbonyl (C=O) groups excluding carboxylic acids is 1. The van der Waals surface area contributed by atoms with Gasteiger partial charge in [-0.25, -0.2) is 4.52 Å². The second kappa shape index (κ2) is 7.85. The Morgan fingerprint density at radius 2 is 1.94 bits per heavy atom. The minimum Gasteiger partial charge on any atom is -0.361 e. The molecule has 32 heavy (non-hydrogen) atoms. The van der Waals surface area contributed by atoms with E-state index in [1.54, 1.807) is 27.5 Å². The number of aromatic nitrogens is 4. The molecule has 0 aliphatic carbocycles. The van der Waals surface area contributed by atoms with Gasteiger partial charge >= 0.3 is 0 Å². The summed E-state index contributed by atoms with van der Waals surface area (Å²) in [7, 11) is 0. The van der Waals surface area contributed by atoms with E-state index in [2.05, 4.69) is 28.4 Å². The molecule has 0 saturated carbocycles. The highest BCUT2D eigenvalue weighted by Crippen LogP contribution is 2.23. The van der Waals surface area contributed by atoms with E-state index in [1.807, 2.05) is 49.5 Å². The third kappa shape index (κ3) is 3.58. The Bertz CT molecular complexity index is 1520. The number of nitrogens with one attached hydrogen (secondary N) is 2. The van der Waals surface area contributed by atoms with Crippen LogP contribution in [0.3, 0.4) is 0 Å². The van der Waals surface area contributed by atoms with E-state index in [1.165, 1.54) is 5.56 Å². The smallest absolute Gasteiger partial charge is 0.276 e. The molecule has 7 heteroatoms. The van der Waals surface area contributed by atoms with E-state index in [9.17, 15) is 9.59 Å². The average Bonchev–Trinajstić information content (AvgIpc) is 3.42. The third-order valence-corrected chi connectivity index (χ3v) is 5.72. The first kappa shape index (κ1) is 19.8. The molecule has 5 rings (SSSR count). The molecule has 0 aliphatic rings. The second-order valence-corrected chi connectivity index (χ2v) is 8.01. The van der Waals surface area contributed by atoms with Crippen LogP contribution in [0.15, 0.2) is 71.9 Å². The van der Waals surface area contributed by atoms with Gasteiger partial charge < -0.3 is 14.9 Å². The zero-order valence-electron chi connectivity index (χ0n) is 17.9. The first-order valence-electron chi connectivity index (χ1n) is 10.5. The van der Waals surface area contributed by atoms with Crippen LogP contribution in [0.4, 0.5) is 0 Å². The zero-order valence-corrected chi connectivity index (χ0v) is 17.9. The van der Waals surface area contributed by atoms with Gasteiger partial charge in [0.2, 0.25) is 0 Å². The summed E-state index contributed by atoms with van der Waals surface area (Å²) < 4.78 is 3.20. The summed E-state index contributed by atoms with van der Waals surface area (Å²) in [4.78, 5) is 28.6. The molecule has 2 aromatic carbocycles. The Labute approximate surface area is 184 Å². The summed E-state index contributed by atoms with van der Waals surface area (Å²) in [5.74, 6) is -0.169. The summed E-state index contributed by atoms with van der Waals surface area (Å²) in [6.07, 6.45) is 5.31. The molecule has 0 aliphatic heterocycles. The monoisotopic (exact) mass is 425 g/mol. The maximum absolute atomic E-state index is 13.0. The SMILES string of the molecule is Cc1ccc(-c2cc3c(=O)n(CCNC(=O)c4ccc5cc[nH]c5c4)ccn3n2)c(C)c1. The van der Waals surface area contributed by atoms with Gasteiger partial charge in [0.1, 0.15) is 5.52 Å². The largest absolute Gasteiger partial charge is 0.361 e. The third-order valence-electron chi connectivity index (χ3n) is 5.72. The number of nitrogens with zero attached hydrogens (tertiary/aromatic N) is 3.